The van der Waals surface area contributed by atoms with Gasteiger partial charge in [-0.05, 0) is 6.42 Å². The number of nitrogens with one attached hydrogen (secondary N) is 1. The van der Waals surface area contributed by atoms with E-state index < -0.39 is 29.8 Å². The molecule has 0 bridgehead atoms. The van der Waals surface area contributed by atoms with Gasteiger partial charge < -0.3 is 5.32 Å². The molecular formula is C8H9BrF5NO2. The second-order valence-corrected chi connectivity index (χ2v) is 3.67. The van der Waals surface area contributed by atoms with Gasteiger partial charge in [0.2, 0.25) is 0 Å². The zero-order valence-corrected chi connectivity index (χ0v) is 10.2. The number of rotatable bonds is 5. The number of carbonyl (C=O) groups is 2. The van der Waals surface area contributed by atoms with Crippen molar-refractivity contribution in [2.24, 2.45) is 0 Å². The molecule has 17 heavy (non-hydrogen) atoms. The Morgan fingerprint density at radius 3 is 2.00 bits per heavy atom. The highest BCUT2D eigenvalue weighted by Crippen LogP contribution is 2.35. The molecule has 0 radical (unpaired) electrons. The average Bonchev–Trinajstić information content (AvgIpc) is 2.22. The van der Waals surface area contributed by atoms with E-state index in [0.29, 0.717) is 0 Å². The third-order valence-corrected chi connectivity index (χ3v) is 2.43. The predicted molar refractivity (Wildman–Crippen MR) is 52.0 cm³/mol. The van der Waals surface area contributed by atoms with Crippen LogP contribution in [0.2, 0.25) is 0 Å². The molecule has 1 unspecified atom stereocenters. The van der Waals surface area contributed by atoms with E-state index in [9.17, 15) is 31.5 Å². The van der Waals surface area contributed by atoms with E-state index in [1.54, 1.807) is 0 Å². The molecule has 0 aromatic carbocycles. The normalized spacial score (nSPS) is 14.3. The number of carbonyl (C=O) groups excluding carboxylic acids is 2. The third kappa shape index (κ3) is 3.90. The van der Waals surface area contributed by atoms with Crippen LogP contribution in [-0.2, 0) is 9.59 Å². The van der Waals surface area contributed by atoms with E-state index in [0.717, 1.165) is 0 Å². The smallest absolute Gasteiger partial charge is 0.341 e. The minimum atomic E-state index is -5.98. The Kier molecular flexibility index (Phi) is 5.50. The van der Waals surface area contributed by atoms with E-state index in [1.807, 2.05) is 0 Å². The molecule has 1 N–H and O–H groups in total. The lowest BCUT2D eigenvalue weighted by molar-refractivity contribution is -0.270. The first kappa shape index (κ1) is 16.3. The van der Waals surface area contributed by atoms with Crippen molar-refractivity contribution in [3.63, 3.8) is 0 Å². The summed E-state index contributed by atoms with van der Waals surface area (Å²) in [5.41, 5.74) is 0. The van der Waals surface area contributed by atoms with E-state index in [2.05, 4.69) is 15.9 Å². The van der Waals surface area contributed by atoms with Gasteiger partial charge in [-0.25, -0.2) is 0 Å². The fourth-order valence-corrected chi connectivity index (χ4v) is 1.27. The van der Waals surface area contributed by atoms with Crippen molar-refractivity contribution in [1.82, 2.24) is 5.32 Å². The maximum Gasteiger partial charge on any atom is 0.463 e. The van der Waals surface area contributed by atoms with Crippen molar-refractivity contribution in [2.75, 3.05) is 5.33 Å². The molecule has 0 aliphatic heterocycles. The quantitative estimate of drug-likeness (QED) is 0.621. The van der Waals surface area contributed by atoms with Gasteiger partial charge in [-0.1, -0.05) is 22.9 Å². The van der Waals surface area contributed by atoms with Gasteiger partial charge in [0.05, 0.1) is 11.4 Å². The first-order valence-corrected chi connectivity index (χ1v) is 5.54. The zero-order valence-electron chi connectivity index (χ0n) is 8.58. The van der Waals surface area contributed by atoms with Crippen LogP contribution < -0.4 is 5.32 Å². The van der Waals surface area contributed by atoms with Gasteiger partial charge in [0.15, 0.2) is 5.78 Å². The number of amides is 1. The molecule has 1 amide bonds. The van der Waals surface area contributed by atoms with Crippen molar-refractivity contribution >= 4 is 27.6 Å². The van der Waals surface area contributed by atoms with Gasteiger partial charge in [0.1, 0.15) is 0 Å². The zero-order chi connectivity index (χ0) is 13.9. The van der Waals surface area contributed by atoms with Crippen LogP contribution >= 0.6 is 15.9 Å². The molecule has 1 atom stereocenters. The highest BCUT2D eigenvalue weighted by Gasteiger charge is 2.63. The minimum absolute atomic E-state index is 0.0793. The summed E-state index contributed by atoms with van der Waals surface area (Å²) in [4.78, 5) is 21.8. The van der Waals surface area contributed by atoms with Crippen molar-refractivity contribution in [3.8, 4) is 0 Å². The Bertz CT molecular complexity index is 305. The summed E-state index contributed by atoms with van der Waals surface area (Å²) >= 11 is 2.73. The first-order chi connectivity index (χ1) is 7.57. The number of hydrogen-bond donors (Lipinski definition) is 1. The lowest BCUT2D eigenvalue weighted by atomic mass is 10.1. The Balaban J connectivity index is 4.80. The summed E-state index contributed by atoms with van der Waals surface area (Å²) in [7, 11) is 0. The Morgan fingerprint density at radius 1 is 1.24 bits per heavy atom. The third-order valence-electron chi connectivity index (χ3n) is 1.88. The molecular weight excluding hydrogens is 317 g/mol. The fourth-order valence-electron chi connectivity index (χ4n) is 0.881. The second kappa shape index (κ2) is 5.74. The largest absolute Gasteiger partial charge is 0.463 e. The molecule has 0 spiro atoms. The molecule has 100 valence electrons. The van der Waals surface area contributed by atoms with Crippen molar-refractivity contribution in [1.29, 1.82) is 0 Å². The monoisotopic (exact) mass is 325 g/mol. The minimum Gasteiger partial charge on any atom is -0.341 e. The van der Waals surface area contributed by atoms with Crippen LogP contribution in [0, 0.1) is 0 Å². The summed E-state index contributed by atoms with van der Waals surface area (Å²) in [5, 5.41) is 1.13. The predicted octanol–water partition coefficient (Wildman–Crippen LogP) is 2.04. The van der Waals surface area contributed by atoms with Crippen LogP contribution in [0.4, 0.5) is 22.0 Å². The molecule has 0 aromatic rings. The van der Waals surface area contributed by atoms with Gasteiger partial charge in [0, 0.05) is 0 Å². The summed E-state index contributed by atoms with van der Waals surface area (Å²) in [6, 6.07) is -1.37. The number of hydrogen-bond acceptors (Lipinski definition) is 2. The van der Waals surface area contributed by atoms with Gasteiger partial charge in [-0.15, -0.1) is 0 Å². The summed E-state index contributed by atoms with van der Waals surface area (Å²) < 4.78 is 60.5. The highest BCUT2D eigenvalue weighted by atomic mass is 79.9. The lowest BCUT2D eigenvalue weighted by Gasteiger charge is -2.21. The van der Waals surface area contributed by atoms with Crippen molar-refractivity contribution in [2.45, 2.75) is 31.5 Å². The molecule has 0 saturated heterocycles. The highest BCUT2D eigenvalue weighted by molar-refractivity contribution is 9.09. The summed E-state index contributed by atoms with van der Waals surface area (Å²) in [6.07, 6.45) is -6.06. The molecule has 3 nitrogen and oxygen atoms in total. The standard InChI is InChI=1S/C8H9BrF5NO2/c1-2-4(5(16)3-9)15-6(17)7(10,11)8(12,13)14/h4H,2-3H2,1H3,(H,15,17). The van der Waals surface area contributed by atoms with Gasteiger partial charge in [0.25, 0.3) is 0 Å². The number of Topliss-reactive ketones (excluding diaryl/α,β-unsaturated/α-hetero) is 1. The van der Waals surface area contributed by atoms with Crippen LogP contribution in [0.3, 0.4) is 0 Å². The topological polar surface area (TPSA) is 46.2 Å². The Labute approximate surface area is 102 Å². The average molecular weight is 326 g/mol. The van der Waals surface area contributed by atoms with Crippen molar-refractivity contribution in [3.05, 3.63) is 0 Å². The molecule has 0 fully saturated rings. The lowest BCUT2D eigenvalue weighted by Crippen LogP contribution is -2.54. The molecule has 0 heterocycles. The first-order valence-electron chi connectivity index (χ1n) is 4.42. The Morgan fingerprint density at radius 2 is 1.71 bits per heavy atom. The fraction of sp³-hybridized carbons (Fsp3) is 0.750. The van der Waals surface area contributed by atoms with Gasteiger partial charge >= 0.3 is 18.0 Å². The van der Waals surface area contributed by atoms with Crippen LogP contribution in [0.5, 0.6) is 0 Å². The summed E-state index contributed by atoms with van der Waals surface area (Å²) in [6.45, 7) is 1.37. The second-order valence-electron chi connectivity index (χ2n) is 3.11. The SMILES string of the molecule is CCC(NC(=O)C(F)(F)C(F)(F)F)C(=O)CBr. The van der Waals surface area contributed by atoms with Crippen LogP contribution in [0.15, 0.2) is 0 Å². The van der Waals surface area contributed by atoms with Crippen LogP contribution in [-0.4, -0.2) is 35.2 Å². The van der Waals surface area contributed by atoms with Gasteiger partial charge in [-0.3, -0.25) is 9.59 Å². The van der Waals surface area contributed by atoms with Gasteiger partial charge in [-0.2, -0.15) is 22.0 Å². The number of halogens is 6. The molecule has 0 aliphatic rings. The van der Waals surface area contributed by atoms with E-state index in [4.69, 9.17) is 0 Å². The van der Waals surface area contributed by atoms with E-state index in [1.165, 1.54) is 12.2 Å². The van der Waals surface area contributed by atoms with E-state index >= 15 is 0 Å². The maximum absolute atomic E-state index is 12.5. The van der Waals surface area contributed by atoms with Crippen LogP contribution in [0.1, 0.15) is 13.3 Å². The number of ketones is 1. The molecule has 0 rings (SSSR count). The maximum atomic E-state index is 12.5. The summed E-state index contributed by atoms with van der Waals surface area (Å²) in [5.74, 6) is -8.71. The Hall–Kier alpha value is -0.730. The molecule has 0 aromatic heterocycles. The molecule has 9 heteroatoms. The molecule has 0 saturated carbocycles. The van der Waals surface area contributed by atoms with Crippen LogP contribution in [0.25, 0.3) is 0 Å². The molecule has 0 aliphatic carbocycles. The van der Waals surface area contributed by atoms with Crippen molar-refractivity contribution < 1.29 is 31.5 Å². The number of alkyl halides is 6. The van der Waals surface area contributed by atoms with E-state index in [-0.39, 0.29) is 11.8 Å².